The van der Waals surface area contributed by atoms with Gasteiger partial charge in [-0.2, -0.15) is 5.10 Å². The van der Waals surface area contributed by atoms with Gasteiger partial charge < -0.3 is 14.4 Å². The molecule has 164 valence electrons. The summed E-state index contributed by atoms with van der Waals surface area (Å²) >= 11 is 0. The third-order valence-electron chi connectivity index (χ3n) is 5.79. The minimum Gasteiger partial charge on any atom is -0.493 e. The summed E-state index contributed by atoms with van der Waals surface area (Å²) in [4.78, 5) is 20.4. The maximum absolute atomic E-state index is 13.7. The number of benzene rings is 1. The highest BCUT2D eigenvalue weighted by Crippen LogP contribution is 2.40. The Kier molecular flexibility index (Phi) is 5.85. The van der Waals surface area contributed by atoms with E-state index >= 15 is 0 Å². The van der Waals surface area contributed by atoms with E-state index in [0.717, 1.165) is 35.1 Å². The molecule has 0 unspecified atom stereocenters. The van der Waals surface area contributed by atoms with Crippen molar-refractivity contribution in [3.05, 3.63) is 47.3 Å². The lowest BCUT2D eigenvalue weighted by Crippen LogP contribution is -2.30. The Morgan fingerprint density at radius 3 is 2.55 bits per heavy atom. The average molecular weight is 423 g/mol. The van der Waals surface area contributed by atoms with Crippen LogP contribution in [-0.2, 0) is 6.54 Å². The maximum Gasteiger partial charge on any atom is 0.255 e. The predicted molar refractivity (Wildman–Crippen MR) is 120 cm³/mol. The maximum atomic E-state index is 13.7. The van der Waals surface area contributed by atoms with Gasteiger partial charge in [0.15, 0.2) is 17.1 Å². The van der Waals surface area contributed by atoms with E-state index in [-0.39, 0.29) is 11.9 Å². The van der Waals surface area contributed by atoms with E-state index in [1.807, 2.05) is 40.8 Å². The smallest absolute Gasteiger partial charge is 0.255 e. The summed E-state index contributed by atoms with van der Waals surface area (Å²) in [6.07, 6.45) is 4.03. The van der Waals surface area contributed by atoms with Gasteiger partial charge in [-0.05, 0) is 57.4 Å². The van der Waals surface area contributed by atoms with Crippen LogP contribution in [0.25, 0.3) is 11.0 Å². The van der Waals surface area contributed by atoms with E-state index in [0.29, 0.717) is 36.1 Å². The van der Waals surface area contributed by atoms with Crippen LogP contribution in [0, 0.1) is 0 Å². The molecule has 1 saturated carbocycles. The Morgan fingerprint density at radius 1 is 1.19 bits per heavy atom. The molecule has 0 bridgehead atoms. The van der Waals surface area contributed by atoms with Crippen molar-refractivity contribution in [1.82, 2.24) is 19.7 Å². The molecule has 0 N–H and O–H groups in total. The third kappa shape index (κ3) is 4.09. The molecule has 1 aromatic carbocycles. The van der Waals surface area contributed by atoms with Crippen LogP contribution in [0.5, 0.6) is 11.5 Å². The van der Waals surface area contributed by atoms with Crippen LogP contribution < -0.4 is 9.47 Å². The molecule has 0 saturated heterocycles. The lowest BCUT2D eigenvalue weighted by Gasteiger charge is -2.22. The van der Waals surface area contributed by atoms with Crippen molar-refractivity contribution in [2.24, 2.45) is 0 Å². The highest BCUT2D eigenvalue weighted by molar-refractivity contribution is 6.05. The zero-order chi connectivity index (χ0) is 22.1. The molecule has 4 rings (SSSR count). The first-order valence-electron chi connectivity index (χ1n) is 10.8. The van der Waals surface area contributed by atoms with E-state index in [9.17, 15) is 4.79 Å². The van der Waals surface area contributed by atoms with Gasteiger partial charge in [-0.15, -0.1) is 0 Å². The summed E-state index contributed by atoms with van der Waals surface area (Å²) in [6.45, 7) is 7.23. The number of hydrogen-bond donors (Lipinski definition) is 0. The van der Waals surface area contributed by atoms with Crippen LogP contribution in [0.2, 0.25) is 0 Å². The Labute approximate surface area is 183 Å². The zero-order valence-electron chi connectivity index (χ0n) is 18.9. The molecular formula is C24H30N4O3. The summed E-state index contributed by atoms with van der Waals surface area (Å²) in [6, 6.07) is 7.91. The van der Waals surface area contributed by atoms with Gasteiger partial charge in [-0.25, -0.2) is 9.67 Å². The van der Waals surface area contributed by atoms with Crippen molar-refractivity contribution in [1.29, 1.82) is 0 Å². The molecule has 0 aliphatic heterocycles. The Balaban J connectivity index is 1.70. The first-order chi connectivity index (χ1) is 15.0. The van der Waals surface area contributed by atoms with E-state index < -0.39 is 0 Å². The molecule has 1 amide bonds. The topological polar surface area (TPSA) is 69.5 Å². The van der Waals surface area contributed by atoms with Gasteiger partial charge in [-0.1, -0.05) is 6.07 Å². The van der Waals surface area contributed by atoms with Crippen molar-refractivity contribution in [2.75, 3.05) is 20.8 Å². The Hall–Kier alpha value is -3.09. The molecule has 1 aliphatic carbocycles. The number of fused-ring (bicyclic) bond motifs is 1. The van der Waals surface area contributed by atoms with E-state index in [4.69, 9.17) is 14.5 Å². The number of methoxy groups -OCH3 is 2. The molecule has 0 atom stereocenters. The van der Waals surface area contributed by atoms with E-state index in [1.165, 1.54) is 0 Å². The second-order valence-electron chi connectivity index (χ2n) is 8.30. The number of amides is 1. The number of rotatable bonds is 8. The fourth-order valence-corrected chi connectivity index (χ4v) is 3.88. The number of hydrogen-bond acceptors (Lipinski definition) is 5. The molecule has 7 nitrogen and oxygen atoms in total. The van der Waals surface area contributed by atoms with Gasteiger partial charge in [0.25, 0.3) is 5.91 Å². The van der Waals surface area contributed by atoms with Crippen LogP contribution >= 0.6 is 0 Å². The van der Waals surface area contributed by atoms with Gasteiger partial charge in [0.2, 0.25) is 0 Å². The Morgan fingerprint density at radius 2 is 1.94 bits per heavy atom. The monoisotopic (exact) mass is 422 g/mol. The second kappa shape index (κ2) is 8.57. The van der Waals surface area contributed by atoms with Gasteiger partial charge in [0.1, 0.15) is 0 Å². The average Bonchev–Trinajstić information content (AvgIpc) is 3.54. The van der Waals surface area contributed by atoms with E-state index in [1.54, 1.807) is 20.4 Å². The van der Waals surface area contributed by atoms with Gasteiger partial charge in [0, 0.05) is 30.7 Å². The molecule has 7 heteroatoms. The minimum absolute atomic E-state index is 0.00473. The molecular weight excluding hydrogens is 392 g/mol. The zero-order valence-corrected chi connectivity index (χ0v) is 18.9. The summed E-state index contributed by atoms with van der Waals surface area (Å²) in [5, 5.41) is 5.34. The minimum atomic E-state index is -0.00473. The van der Waals surface area contributed by atoms with Crippen LogP contribution in [0.3, 0.4) is 0 Å². The Bertz CT molecular complexity index is 1100. The number of carbonyl (C=O) groups is 1. The van der Waals surface area contributed by atoms with Crippen LogP contribution in [0.15, 0.2) is 30.5 Å². The fourth-order valence-electron chi connectivity index (χ4n) is 3.88. The number of ether oxygens (including phenoxy) is 2. The molecule has 3 aromatic rings. The normalized spacial score (nSPS) is 13.6. The molecule has 2 heterocycles. The van der Waals surface area contributed by atoms with E-state index in [2.05, 4.69) is 18.9 Å². The highest BCUT2D eigenvalue weighted by atomic mass is 16.5. The number of carbonyl (C=O) groups excluding carboxylic acids is 1. The predicted octanol–water partition coefficient (Wildman–Crippen LogP) is 4.57. The molecule has 2 aromatic heterocycles. The molecule has 1 aliphatic rings. The van der Waals surface area contributed by atoms with Gasteiger partial charge in [-0.3, -0.25) is 4.79 Å². The first kappa shape index (κ1) is 21.2. The van der Waals surface area contributed by atoms with Gasteiger partial charge in [0.05, 0.1) is 31.4 Å². The van der Waals surface area contributed by atoms with Crippen LogP contribution in [-0.4, -0.2) is 46.3 Å². The largest absolute Gasteiger partial charge is 0.493 e. The quantitative estimate of drug-likeness (QED) is 0.532. The standard InChI is InChI=1S/C24H30N4O3/c1-6-27(14-16-7-10-21(30-4)22(11-16)31-5)24(29)18-12-20(17-8-9-17)26-23-19(18)13-25-28(23)15(2)3/h7,10-13,15,17H,6,8-9,14H2,1-5H3. The van der Waals surface area contributed by atoms with Crippen LogP contribution in [0.4, 0.5) is 0 Å². The van der Waals surface area contributed by atoms with Crippen molar-refractivity contribution < 1.29 is 14.3 Å². The second-order valence-corrected chi connectivity index (χ2v) is 8.30. The lowest BCUT2D eigenvalue weighted by atomic mass is 10.1. The molecule has 1 fully saturated rings. The van der Waals surface area contributed by atoms with Crippen molar-refractivity contribution in [3.8, 4) is 11.5 Å². The number of aromatic nitrogens is 3. The molecule has 0 radical (unpaired) electrons. The molecule has 31 heavy (non-hydrogen) atoms. The van der Waals surface area contributed by atoms with Crippen LogP contribution in [0.1, 0.15) is 67.2 Å². The van der Waals surface area contributed by atoms with Crippen molar-refractivity contribution in [3.63, 3.8) is 0 Å². The lowest BCUT2D eigenvalue weighted by molar-refractivity contribution is 0.0754. The fraction of sp³-hybridized carbons (Fsp3) is 0.458. The highest BCUT2D eigenvalue weighted by Gasteiger charge is 2.29. The number of pyridine rings is 1. The third-order valence-corrected chi connectivity index (χ3v) is 5.79. The summed E-state index contributed by atoms with van der Waals surface area (Å²) in [7, 11) is 3.23. The summed E-state index contributed by atoms with van der Waals surface area (Å²) in [5.74, 6) is 1.78. The SMILES string of the molecule is CCN(Cc1ccc(OC)c(OC)c1)C(=O)c1cc(C2CC2)nc2c1cnn2C(C)C. The van der Waals surface area contributed by atoms with Gasteiger partial charge >= 0.3 is 0 Å². The van der Waals surface area contributed by atoms with Crippen molar-refractivity contribution >= 4 is 16.9 Å². The first-order valence-corrected chi connectivity index (χ1v) is 10.8. The van der Waals surface area contributed by atoms with Crippen molar-refractivity contribution in [2.45, 2.75) is 52.1 Å². The summed E-state index contributed by atoms with van der Waals surface area (Å²) in [5.41, 5.74) is 3.46. The molecule has 0 spiro atoms. The number of nitrogens with zero attached hydrogens (tertiary/aromatic N) is 4. The summed E-state index contributed by atoms with van der Waals surface area (Å²) < 4.78 is 12.7.